The summed E-state index contributed by atoms with van der Waals surface area (Å²) >= 11 is 0. The molecule has 0 bridgehead atoms. The largest absolute Gasteiger partial charge is 0.435 e. The zero-order valence-corrected chi connectivity index (χ0v) is 9.14. The molecule has 0 saturated carbocycles. The number of carbonyl (C=O) groups is 1. The predicted molar refractivity (Wildman–Crippen MR) is 47.0 cm³/mol. The highest BCUT2D eigenvalue weighted by Gasteiger charge is 2.56. The number of halogens is 3. The van der Waals surface area contributed by atoms with Gasteiger partial charge in [-0.1, -0.05) is 6.92 Å². The Morgan fingerprint density at radius 3 is 2.13 bits per heavy atom. The minimum Gasteiger partial charge on any atom is -0.435 e. The summed E-state index contributed by atoms with van der Waals surface area (Å²) in [5.74, 6) is -1.31. The van der Waals surface area contributed by atoms with Crippen LogP contribution in [0.2, 0.25) is 0 Å². The molecule has 90 valence electrons. The first kappa shape index (κ1) is 14.2. The van der Waals surface area contributed by atoms with E-state index in [-0.39, 0.29) is 6.42 Å². The van der Waals surface area contributed by atoms with Gasteiger partial charge in [-0.3, -0.25) is 4.79 Å². The van der Waals surface area contributed by atoms with Gasteiger partial charge in [-0.25, -0.2) is 0 Å². The molecule has 0 fully saturated rings. The van der Waals surface area contributed by atoms with E-state index < -0.39 is 23.9 Å². The molecule has 2 atom stereocenters. The molecule has 0 rings (SSSR count). The van der Waals surface area contributed by atoms with Crippen molar-refractivity contribution in [3.8, 4) is 0 Å². The molecule has 0 aromatic carbocycles. The van der Waals surface area contributed by atoms with Crippen LogP contribution in [-0.2, 0) is 14.3 Å². The minimum absolute atomic E-state index is 0.369. The van der Waals surface area contributed by atoms with Crippen LogP contribution in [-0.4, -0.2) is 25.5 Å². The summed E-state index contributed by atoms with van der Waals surface area (Å²) in [6.45, 7) is 3.45. The summed E-state index contributed by atoms with van der Waals surface area (Å²) < 4.78 is 46.8. The molecule has 0 aliphatic rings. The van der Waals surface area contributed by atoms with Gasteiger partial charge in [0.2, 0.25) is 0 Å². The maximum absolute atomic E-state index is 12.6. The molecule has 6 heteroatoms. The number of hydrogen-bond donors (Lipinski definition) is 0. The Labute approximate surface area is 86.5 Å². The summed E-state index contributed by atoms with van der Waals surface area (Å²) in [4.78, 5) is 11.3. The average molecular weight is 228 g/mol. The standard InChI is InChI=1S/C9H15F3O3/c1-5-8(3,9(10,11)12)7(13)15-6(2)14-4/h6H,5H2,1-4H3. The number of methoxy groups -OCH3 is 1. The van der Waals surface area contributed by atoms with Crippen molar-refractivity contribution in [1.29, 1.82) is 0 Å². The molecular formula is C9H15F3O3. The number of ether oxygens (including phenoxy) is 2. The van der Waals surface area contributed by atoms with Gasteiger partial charge in [0.05, 0.1) is 0 Å². The van der Waals surface area contributed by atoms with Crippen LogP contribution in [0.25, 0.3) is 0 Å². The summed E-state index contributed by atoms with van der Waals surface area (Å²) in [7, 11) is 1.24. The fourth-order valence-electron chi connectivity index (χ4n) is 0.789. The highest BCUT2D eigenvalue weighted by atomic mass is 19.4. The van der Waals surface area contributed by atoms with E-state index in [1.807, 2.05) is 0 Å². The van der Waals surface area contributed by atoms with Crippen LogP contribution < -0.4 is 0 Å². The van der Waals surface area contributed by atoms with E-state index in [0.29, 0.717) is 0 Å². The lowest BCUT2D eigenvalue weighted by molar-refractivity contribution is -0.241. The summed E-state index contributed by atoms with van der Waals surface area (Å²) in [6, 6.07) is 0. The molecule has 0 radical (unpaired) electrons. The van der Waals surface area contributed by atoms with Crippen molar-refractivity contribution in [1.82, 2.24) is 0 Å². The molecule has 0 aromatic rings. The normalized spacial score (nSPS) is 18.1. The molecule has 0 heterocycles. The van der Waals surface area contributed by atoms with Crippen molar-refractivity contribution in [3.05, 3.63) is 0 Å². The Morgan fingerprint density at radius 2 is 1.87 bits per heavy atom. The molecule has 0 spiro atoms. The Balaban J connectivity index is 4.75. The quantitative estimate of drug-likeness (QED) is 0.547. The lowest BCUT2D eigenvalue weighted by Gasteiger charge is -2.29. The zero-order chi connectivity index (χ0) is 12.3. The Bertz CT molecular complexity index is 227. The number of rotatable bonds is 4. The molecule has 0 N–H and O–H groups in total. The highest BCUT2D eigenvalue weighted by molar-refractivity contribution is 5.77. The summed E-state index contributed by atoms with van der Waals surface area (Å²) in [5, 5.41) is 0. The van der Waals surface area contributed by atoms with Crippen LogP contribution in [0.15, 0.2) is 0 Å². The number of esters is 1. The third-order valence-corrected chi connectivity index (χ3v) is 2.39. The van der Waals surface area contributed by atoms with Gasteiger partial charge < -0.3 is 9.47 Å². The van der Waals surface area contributed by atoms with Crippen LogP contribution in [0.3, 0.4) is 0 Å². The topological polar surface area (TPSA) is 35.5 Å². The predicted octanol–water partition coefficient (Wildman–Crippen LogP) is 2.50. The van der Waals surface area contributed by atoms with Gasteiger partial charge in [0.15, 0.2) is 11.7 Å². The van der Waals surface area contributed by atoms with Crippen molar-refractivity contribution in [2.24, 2.45) is 5.41 Å². The average Bonchev–Trinajstić information content (AvgIpc) is 2.14. The van der Waals surface area contributed by atoms with E-state index in [1.54, 1.807) is 0 Å². The van der Waals surface area contributed by atoms with Gasteiger partial charge in [0, 0.05) is 7.11 Å². The van der Waals surface area contributed by atoms with Crippen LogP contribution in [0, 0.1) is 5.41 Å². The van der Waals surface area contributed by atoms with Crippen LogP contribution in [0.5, 0.6) is 0 Å². The van der Waals surface area contributed by atoms with Crippen molar-refractivity contribution >= 4 is 5.97 Å². The first-order valence-corrected chi connectivity index (χ1v) is 4.49. The van der Waals surface area contributed by atoms with E-state index in [1.165, 1.54) is 21.0 Å². The molecule has 0 amide bonds. The Kier molecular flexibility index (Phi) is 4.58. The number of hydrogen-bond acceptors (Lipinski definition) is 3. The molecular weight excluding hydrogens is 213 g/mol. The molecule has 0 saturated heterocycles. The maximum Gasteiger partial charge on any atom is 0.404 e. The van der Waals surface area contributed by atoms with E-state index in [0.717, 1.165) is 6.92 Å². The molecule has 3 nitrogen and oxygen atoms in total. The first-order valence-electron chi connectivity index (χ1n) is 4.49. The fraction of sp³-hybridized carbons (Fsp3) is 0.889. The second kappa shape index (κ2) is 4.83. The van der Waals surface area contributed by atoms with E-state index in [9.17, 15) is 18.0 Å². The Hall–Kier alpha value is -0.780. The van der Waals surface area contributed by atoms with Gasteiger partial charge in [0.1, 0.15) is 0 Å². The summed E-state index contributed by atoms with van der Waals surface area (Å²) in [6.07, 6.45) is -5.97. The monoisotopic (exact) mass is 228 g/mol. The maximum atomic E-state index is 12.6. The van der Waals surface area contributed by atoms with Crippen molar-refractivity contribution in [3.63, 3.8) is 0 Å². The van der Waals surface area contributed by atoms with E-state index in [4.69, 9.17) is 0 Å². The molecule has 0 aromatic heterocycles. The van der Waals surface area contributed by atoms with E-state index >= 15 is 0 Å². The molecule has 0 aliphatic heterocycles. The fourth-order valence-corrected chi connectivity index (χ4v) is 0.789. The molecule has 2 unspecified atom stereocenters. The van der Waals surface area contributed by atoms with Gasteiger partial charge >= 0.3 is 12.1 Å². The summed E-state index contributed by atoms with van der Waals surface area (Å²) in [5.41, 5.74) is -2.47. The smallest absolute Gasteiger partial charge is 0.404 e. The van der Waals surface area contributed by atoms with Gasteiger partial charge in [-0.05, 0) is 20.3 Å². The van der Waals surface area contributed by atoms with Crippen LogP contribution in [0.4, 0.5) is 13.2 Å². The van der Waals surface area contributed by atoms with Crippen LogP contribution in [0.1, 0.15) is 27.2 Å². The van der Waals surface area contributed by atoms with Crippen molar-refractivity contribution in [2.45, 2.75) is 39.7 Å². The van der Waals surface area contributed by atoms with E-state index in [2.05, 4.69) is 9.47 Å². The lowest BCUT2D eigenvalue weighted by atomic mass is 9.87. The molecule has 15 heavy (non-hydrogen) atoms. The Morgan fingerprint density at radius 1 is 1.40 bits per heavy atom. The zero-order valence-electron chi connectivity index (χ0n) is 9.14. The third kappa shape index (κ3) is 3.09. The molecule has 0 aliphatic carbocycles. The van der Waals surface area contributed by atoms with Crippen molar-refractivity contribution < 1.29 is 27.4 Å². The highest BCUT2D eigenvalue weighted by Crippen LogP contribution is 2.41. The second-order valence-corrected chi connectivity index (χ2v) is 3.39. The number of carbonyl (C=O) groups excluding carboxylic acids is 1. The van der Waals surface area contributed by atoms with Gasteiger partial charge in [0.25, 0.3) is 0 Å². The van der Waals surface area contributed by atoms with Gasteiger partial charge in [-0.2, -0.15) is 13.2 Å². The van der Waals surface area contributed by atoms with Crippen molar-refractivity contribution in [2.75, 3.05) is 7.11 Å². The first-order chi connectivity index (χ1) is 6.69. The lowest BCUT2D eigenvalue weighted by Crippen LogP contribution is -2.44. The number of alkyl halides is 3. The minimum atomic E-state index is -4.62. The van der Waals surface area contributed by atoms with Crippen LogP contribution >= 0.6 is 0 Å². The third-order valence-electron chi connectivity index (χ3n) is 2.39. The second-order valence-electron chi connectivity index (χ2n) is 3.39. The van der Waals surface area contributed by atoms with Gasteiger partial charge in [-0.15, -0.1) is 0 Å². The SMILES string of the molecule is CCC(C)(C(=O)OC(C)OC)C(F)(F)F.